The fourth-order valence-electron chi connectivity index (χ4n) is 2.00. The van der Waals surface area contributed by atoms with Crippen LogP contribution in [0.3, 0.4) is 0 Å². The summed E-state index contributed by atoms with van der Waals surface area (Å²) in [5, 5.41) is 22.7. The molecule has 3 N–H and O–H groups in total. The summed E-state index contributed by atoms with van der Waals surface area (Å²) in [6, 6.07) is 6.55. The Morgan fingerprint density at radius 3 is 2.48 bits per heavy atom. The largest absolute Gasteiger partial charge is 0.390 e. The second-order valence-electron chi connectivity index (χ2n) is 5.05. The number of aliphatic hydroxyl groups excluding tert-OH is 2. The van der Waals surface area contributed by atoms with Crippen LogP contribution in [0.15, 0.2) is 24.3 Å². The lowest BCUT2D eigenvalue weighted by molar-refractivity contribution is -0.119. The Morgan fingerprint density at radius 2 is 1.90 bits per heavy atom. The van der Waals surface area contributed by atoms with Gasteiger partial charge >= 0.3 is 0 Å². The lowest BCUT2D eigenvalue weighted by atomic mass is 9.98. The third-order valence-corrected chi connectivity index (χ3v) is 3.81. The van der Waals surface area contributed by atoms with Crippen molar-refractivity contribution in [2.75, 3.05) is 12.8 Å². The molecule has 1 amide bonds. The lowest BCUT2D eigenvalue weighted by Gasteiger charge is -2.20. The van der Waals surface area contributed by atoms with E-state index < -0.39 is 22.0 Å². The molecule has 1 aromatic rings. The van der Waals surface area contributed by atoms with Crippen LogP contribution in [0.2, 0.25) is 0 Å². The van der Waals surface area contributed by atoms with Gasteiger partial charge in [0.05, 0.1) is 11.9 Å². The van der Waals surface area contributed by atoms with E-state index in [0.717, 1.165) is 6.26 Å². The Balaban J connectivity index is 2.81. The maximum atomic E-state index is 11.4. The first-order chi connectivity index (χ1) is 9.70. The van der Waals surface area contributed by atoms with Crippen molar-refractivity contribution in [1.82, 2.24) is 5.32 Å². The monoisotopic (exact) mass is 315 g/mol. The molecule has 0 aliphatic carbocycles. The summed E-state index contributed by atoms with van der Waals surface area (Å²) < 4.78 is 22.8. The smallest absolute Gasteiger partial charge is 0.216 e. The number of carbonyl (C=O) groups is 1. The Hall–Kier alpha value is -1.44. The molecule has 118 valence electrons. The number of nitrogens with one attached hydrogen (secondary N) is 1. The van der Waals surface area contributed by atoms with Crippen molar-refractivity contribution in [2.24, 2.45) is 0 Å². The van der Waals surface area contributed by atoms with Crippen molar-refractivity contribution in [2.45, 2.75) is 31.3 Å². The van der Waals surface area contributed by atoms with Gasteiger partial charge in [-0.25, -0.2) is 8.42 Å². The third-order valence-electron chi connectivity index (χ3n) is 2.97. The number of sulfone groups is 1. The van der Waals surface area contributed by atoms with Crippen LogP contribution in [0, 0.1) is 0 Å². The van der Waals surface area contributed by atoms with E-state index in [1.165, 1.54) is 6.92 Å². The molecule has 0 saturated carbocycles. The number of benzene rings is 1. The summed E-state index contributed by atoms with van der Waals surface area (Å²) in [6.45, 7) is 1.60. The van der Waals surface area contributed by atoms with Crippen LogP contribution in [0.1, 0.15) is 30.6 Å². The Kier molecular flexibility index (Phi) is 6.32. The van der Waals surface area contributed by atoms with Crippen LogP contribution >= 0.6 is 0 Å². The fraction of sp³-hybridized carbons (Fsp3) is 0.500. The molecule has 2 atom stereocenters. The van der Waals surface area contributed by atoms with E-state index in [-0.39, 0.29) is 24.6 Å². The molecular weight excluding hydrogens is 294 g/mol. The highest BCUT2D eigenvalue weighted by molar-refractivity contribution is 7.89. The first kappa shape index (κ1) is 17.6. The van der Waals surface area contributed by atoms with Gasteiger partial charge in [-0.3, -0.25) is 4.79 Å². The highest BCUT2D eigenvalue weighted by Gasteiger charge is 2.22. The minimum atomic E-state index is -3.24. The van der Waals surface area contributed by atoms with E-state index in [1.807, 2.05) is 0 Å². The van der Waals surface area contributed by atoms with Gasteiger partial charge in [-0.2, -0.15) is 0 Å². The molecule has 0 aromatic heterocycles. The maximum absolute atomic E-state index is 11.4. The average molecular weight is 315 g/mol. The molecular formula is C14H21NO5S. The van der Waals surface area contributed by atoms with E-state index in [4.69, 9.17) is 0 Å². The molecule has 0 radical (unpaired) electrons. The maximum Gasteiger partial charge on any atom is 0.216 e. The van der Waals surface area contributed by atoms with Gasteiger partial charge in [0.15, 0.2) is 9.84 Å². The molecule has 0 saturated heterocycles. The number of aliphatic hydroxyl groups is 2. The van der Waals surface area contributed by atoms with E-state index in [0.29, 0.717) is 11.1 Å². The summed E-state index contributed by atoms with van der Waals surface area (Å²) in [7, 11) is -3.24. The van der Waals surface area contributed by atoms with Crippen molar-refractivity contribution in [1.29, 1.82) is 0 Å². The van der Waals surface area contributed by atoms with Crippen molar-refractivity contribution in [3.8, 4) is 0 Å². The minimum absolute atomic E-state index is 0.175. The highest BCUT2D eigenvalue weighted by atomic mass is 32.2. The molecule has 0 heterocycles. The number of carbonyl (C=O) groups excluding carboxylic acids is 1. The van der Waals surface area contributed by atoms with Crippen LogP contribution in [-0.4, -0.2) is 43.4 Å². The van der Waals surface area contributed by atoms with Gasteiger partial charge in [-0.1, -0.05) is 24.3 Å². The van der Waals surface area contributed by atoms with Gasteiger partial charge in [0, 0.05) is 19.7 Å². The summed E-state index contributed by atoms with van der Waals surface area (Å²) in [6.07, 6.45) is -0.994. The Morgan fingerprint density at radius 1 is 1.29 bits per heavy atom. The average Bonchev–Trinajstić information content (AvgIpc) is 2.36. The van der Waals surface area contributed by atoms with Gasteiger partial charge in [-0.15, -0.1) is 0 Å². The van der Waals surface area contributed by atoms with Crippen LogP contribution in [0.4, 0.5) is 0 Å². The SMILES string of the molecule is CC(=O)NCCC(O)C(O)c1ccccc1CS(C)(=O)=O. The van der Waals surface area contributed by atoms with E-state index >= 15 is 0 Å². The predicted octanol–water partition coefficient (Wildman–Crippen LogP) is 0.152. The molecule has 0 fully saturated rings. The van der Waals surface area contributed by atoms with Gasteiger partial charge in [0.25, 0.3) is 0 Å². The number of amides is 1. The van der Waals surface area contributed by atoms with Crippen molar-refractivity contribution < 1.29 is 23.4 Å². The molecule has 0 bridgehead atoms. The quantitative estimate of drug-likeness (QED) is 0.664. The zero-order chi connectivity index (χ0) is 16.0. The molecule has 6 nitrogen and oxygen atoms in total. The van der Waals surface area contributed by atoms with Crippen LogP contribution < -0.4 is 5.32 Å². The van der Waals surface area contributed by atoms with Gasteiger partial charge in [0.1, 0.15) is 6.10 Å². The molecule has 0 aliphatic rings. The molecule has 1 aromatic carbocycles. The standard InChI is InChI=1S/C14H21NO5S/c1-10(16)15-8-7-13(17)14(18)12-6-4-3-5-11(12)9-21(2,19)20/h3-6,13-14,17-18H,7-9H2,1-2H3,(H,15,16). The van der Waals surface area contributed by atoms with Crippen LogP contribution in [0.5, 0.6) is 0 Å². The molecule has 21 heavy (non-hydrogen) atoms. The summed E-state index contributed by atoms with van der Waals surface area (Å²) in [5.41, 5.74) is 0.851. The van der Waals surface area contributed by atoms with Gasteiger partial charge < -0.3 is 15.5 Å². The fourth-order valence-corrected chi connectivity index (χ4v) is 2.83. The summed E-state index contributed by atoms with van der Waals surface area (Å²) in [5.74, 6) is -0.410. The summed E-state index contributed by atoms with van der Waals surface area (Å²) in [4.78, 5) is 10.8. The molecule has 0 aliphatic heterocycles. The Labute approximate surface area is 124 Å². The lowest BCUT2D eigenvalue weighted by Crippen LogP contribution is -2.28. The Bertz CT molecular complexity index is 585. The third kappa shape index (κ3) is 6.24. The van der Waals surface area contributed by atoms with E-state index in [2.05, 4.69) is 5.32 Å². The van der Waals surface area contributed by atoms with Crippen molar-refractivity contribution >= 4 is 15.7 Å². The first-order valence-corrected chi connectivity index (χ1v) is 8.63. The molecule has 0 spiro atoms. The number of hydrogen-bond donors (Lipinski definition) is 3. The molecule has 7 heteroatoms. The second kappa shape index (κ2) is 7.53. The van der Waals surface area contributed by atoms with Gasteiger partial charge in [-0.05, 0) is 17.5 Å². The number of rotatable bonds is 7. The zero-order valence-electron chi connectivity index (χ0n) is 12.1. The van der Waals surface area contributed by atoms with Crippen molar-refractivity contribution in [3.63, 3.8) is 0 Å². The molecule has 1 rings (SSSR count). The van der Waals surface area contributed by atoms with Crippen LogP contribution in [-0.2, 0) is 20.4 Å². The molecule has 2 unspecified atom stereocenters. The zero-order valence-corrected chi connectivity index (χ0v) is 12.9. The second-order valence-corrected chi connectivity index (χ2v) is 7.19. The first-order valence-electron chi connectivity index (χ1n) is 6.57. The highest BCUT2D eigenvalue weighted by Crippen LogP contribution is 2.24. The van der Waals surface area contributed by atoms with E-state index in [1.54, 1.807) is 24.3 Å². The van der Waals surface area contributed by atoms with Crippen LogP contribution in [0.25, 0.3) is 0 Å². The normalized spacial score (nSPS) is 14.5. The number of hydrogen-bond acceptors (Lipinski definition) is 5. The van der Waals surface area contributed by atoms with Gasteiger partial charge in [0.2, 0.25) is 5.91 Å². The summed E-state index contributed by atoms with van der Waals surface area (Å²) >= 11 is 0. The topological polar surface area (TPSA) is 104 Å². The van der Waals surface area contributed by atoms with E-state index in [9.17, 15) is 23.4 Å². The van der Waals surface area contributed by atoms with Crippen molar-refractivity contribution in [3.05, 3.63) is 35.4 Å². The minimum Gasteiger partial charge on any atom is -0.390 e. The predicted molar refractivity (Wildman–Crippen MR) is 79.3 cm³/mol.